The van der Waals surface area contributed by atoms with Crippen molar-refractivity contribution in [3.05, 3.63) is 22.4 Å². The lowest BCUT2D eigenvalue weighted by Gasteiger charge is -2.26. The lowest BCUT2D eigenvalue weighted by molar-refractivity contribution is 0.0322. The van der Waals surface area contributed by atoms with Gasteiger partial charge in [0.25, 0.3) is 9.05 Å². The highest BCUT2D eigenvalue weighted by Crippen LogP contribution is 2.31. The van der Waals surface area contributed by atoms with Crippen LogP contribution in [0.5, 0.6) is 5.75 Å². The van der Waals surface area contributed by atoms with Gasteiger partial charge in [-0.25, -0.2) is 12.8 Å². The van der Waals surface area contributed by atoms with Crippen LogP contribution in [0, 0.1) is 5.82 Å². The fourth-order valence-corrected chi connectivity index (χ4v) is 3.43. The molecule has 1 fully saturated rings. The third-order valence-electron chi connectivity index (χ3n) is 3.02. The van der Waals surface area contributed by atoms with Gasteiger partial charge in [0.05, 0.1) is 17.7 Å². The van der Waals surface area contributed by atoms with Crippen LogP contribution >= 0.6 is 26.6 Å². The summed E-state index contributed by atoms with van der Waals surface area (Å²) in [7, 11) is 1.03. The number of halogens is 3. The SMILES string of the molecule is O=S(=O)(Cl)c1cc(Br)c(OCCN2CCOCC2)cc1F. The first-order valence-electron chi connectivity index (χ1n) is 6.24. The maximum atomic E-state index is 13.7. The van der Waals surface area contributed by atoms with Crippen molar-refractivity contribution in [1.29, 1.82) is 0 Å². The summed E-state index contributed by atoms with van der Waals surface area (Å²) in [6.45, 7) is 4.11. The Morgan fingerprint density at radius 3 is 2.67 bits per heavy atom. The van der Waals surface area contributed by atoms with Crippen molar-refractivity contribution in [1.82, 2.24) is 4.90 Å². The predicted octanol–water partition coefficient (Wildman–Crippen LogP) is 2.23. The number of morpholine rings is 1. The first kappa shape index (κ1) is 17.0. The van der Waals surface area contributed by atoms with E-state index in [1.54, 1.807) is 0 Å². The molecule has 0 aromatic heterocycles. The molecule has 1 aromatic carbocycles. The van der Waals surface area contributed by atoms with E-state index in [4.69, 9.17) is 20.2 Å². The zero-order valence-electron chi connectivity index (χ0n) is 11.0. The van der Waals surface area contributed by atoms with Crippen LogP contribution in [0.1, 0.15) is 0 Å². The zero-order valence-corrected chi connectivity index (χ0v) is 14.2. The Morgan fingerprint density at radius 2 is 2.05 bits per heavy atom. The molecule has 2 rings (SSSR count). The molecular weight excluding hydrogens is 389 g/mol. The van der Waals surface area contributed by atoms with Crippen LogP contribution in [0.4, 0.5) is 4.39 Å². The molecule has 9 heteroatoms. The number of rotatable bonds is 5. The van der Waals surface area contributed by atoms with E-state index in [0.717, 1.165) is 25.2 Å². The van der Waals surface area contributed by atoms with Crippen LogP contribution in [0.3, 0.4) is 0 Å². The molecule has 1 saturated heterocycles. The van der Waals surface area contributed by atoms with Gasteiger partial charge in [0, 0.05) is 36.4 Å². The number of nitrogens with zero attached hydrogens (tertiary/aromatic N) is 1. The van der Waals surface area contributed by atoms with Crippen LogP contribution in [0.15, 0.2) is 21.5 Å². The normalized spacial score (nSPS) is 16.9. The standard InChI is InChI=1S/C12H14BrClFNO4S/c13-9-7-12(21(14,17)18)10(15)8-11(9)20-6-3-16-1-4-19-5-2-16/h7-8H,1-6H2. The average Bonchev–Trinajstić information content (AvgIpc) is 2.42. The molecule has 21 heavy (non-hydrogen) atoms. The molecule has 1 aromatic rings. The maximum absolute atomic E-state index is 13.7. The van der Waals surface area contributed by atoms with Crippen molar-refractivity contribution in [2.45, 2.75) is 4.90 Å². The predicted molar refractivity (Wildman–Crippen MR) is 79.9 cm³/mol. The summed E-state index contributed by atoms with van der Waals surface area (Å²) in [6.07, 6.45) is 0. The number of ether oxygens (including phenoxy) is 2. The highest BCUT2D eigenvalue weighted by atomic mass is 79.9. The highest BCUT2D eigenvalue weighted by Gasteiger charge is 2.19. The van der Waals surface area contributed by atoms with Gasteiger partial charge >= 0.3 is 0 Å². The summed E-state index contributed by atoms with van der Waals surface area (Å²) in [5.74, 6) is -0.695. The van der Waals surface area contributed by atoms with E-state index in [1.807, 2.05) is 0 Å². The summed E-state index contributed by atoms with van der Waals surface area (Å²) in [5.41, 5.74) is 0. The number of hydrogen-bond donors (Lipinski definition) is 0. The van der Waals surface area contributed by atoms with E-state index in [0.29, 0.717) is 30.8 Å². The Balaban J connectivity index is 1.99. The molecule has 0 amide bonds. The third kappa shape index (κ3) is 4.79. The summed E-state index contributed by atoms with van der Waals surface area (Å²) < 4.78 is 47.1. The van der Waals surface area contributed by atoms with Crippen molar-refractivity contribution in [3.8, 4) is 5.75 Å². The van der Waals surface area contributed by atoms with E-state index < -0.39 is 19.8 Å². The quantitative estimate of drug-likeness (QED) is 0.707. The van der Waals surface area contributed by atoms with E-state index in [-0.39, 0.29) is 5.75 Å². The molecule has 0 N–H and O–H groups in total. The first-order valence-corrected chi connectivity index (χ1v) is 9.35. The monoisotopic (exact) mass is 401 g/mol. The van der Waals surface area contributed by atoms with Gasteiger partial charge in [0.1, 0.15) is 23.1 Å². The fraction of sp³-hybridized carbons (Fsp3) is 0.500. The molecule has 0 radical (unpaired) electrons. The Hall–Kier alpha value is -0.410. The van der Waals surface area contributed by atoms with Gasteiger partial charge in [-0.2, -0.15) is 0 Å². The minimum atomic E-state index is -4.12. The van der Waals surface area contributed by atoms with Crippen molar-refractivity contribution in [2.24, 2.45) is 0 Å². The van der Waals surface area contributed by atoms with Crippen molar-refractivity contribution < 1.29 is 22.3 Å². The minimum absolute atomic E-state index is 0.241. The lowest BCUT2D eigenvalue weighted by Crippen LogP contribution is -2.38. The van der Waals surface area contributed by atoms with Crippen LogP contribution in [-0.2, 0) is 13.8 Å². The summed E-state index contributed by atoms with van der Waals surface area (Å²) in [4.78, 5) is 1.60. The molecular formula is C12H14BrClFNO4S. The molecule has 0 spiro atoms. The van der Waals surface area contributed by atoms with Gasteiger partial charge in [-0.15, -0.1) is 0 Å². The lowest BCUT2D eigenvalue weighted by atomic mass is 10.3. The second kappa shape index (κ2) is 7.23. The van der Waals surface area contributed by atoms with E-state index in [1.165, 1.54) is 0 Å². The average molecular weight is 403 g/mol. The third-order valence-corrected chi connectivity index (χ3v) is 4.97. The van der Waals surface area contributed by atoms with Crippen LogP contribution in [0.25, 0.3) is 0 Å². The second-order valence-corrected chi connectivity index (χ2v) is 7.84. The van der Waals surface area contributed by atoms with Crippen LogP contribution < -0.4 is 4.74 Å². The van der Waals surface area contributed by atoms with Gasteiger partial charge in [-0.05, 0) is 22.0 Å². The zero-order chi connectivity index (χ0) is 15.5. The van der Waals surface area contributed by atoms with Gasteiger partial charge in [0.2, 0.25) is 0 Å². The number of benzene rings is 1. The molecule has 118 valence electrons. The summed E-state index contributed by atoms with van der Waals surface area (Å²) >= 11 is 3.15. The van der Waals surface area contributed by atoms with Crippen molar-refractivity contribution >= 4 is 35.7 Å². The first-order chi connectivity index (χ1) is 9.88. The molecule has 1 aliphatic heterocycles. The fourth-order valence-electron chi connectivity index (χ4n) is 1.92. The topological polar surface area (TPSA) is 55.8 Å². The molecule has 0 saturated carbocycles. The molecule has 0 unspecified atom stereocenters. The molecule has 5 nitrogen and oxygen atoms in total. The molecule has 1 aliphatic rings. The van der Waals surface area contributed by atoms with Crippen LogP contribution in [-0.4, -0.2) is 52.8 Å². The van der Waals surface area contributed by atoms with Crippen molar-refractivity contribution in [3.63, 3.8) is 0 Å². The van der Waals surface area contributed by atoms with Gasteiger partial charge < -0.3 is 9.47 Å². The summed E-state index contributed by atoms with van der Waals surface area (Å²) in [6, 6.07) is 2.11. The van der Waals surface area contributed by atoms with Crippen LogP contribution in [0.2, 0.25) is 0 Å². The maximum Gasteiger partial charge on any atom is 0.264 e. The van der Waals surface area contributed by atoms with E-state index in [9.17, 15) is 12.8 Å². The van der Waals surface area contributed by atoms with Gasteiger partial charge in [-0.3, -0.25) is 4.90 Å². The van der Waals surface area contributed by atoms with Gasteiger partial charge in [-0.1, -0.05) is 0 Å². The highest BCUT2D eigenvalue weighted by molar-refractivity contribution is 9.10. The van der Waals surface area contributed by atoms with E-state index in [2.05, 4.69) is 20.8 Å². The largest absolute Gasteiger partial charge is 0.491 e. The summed E-state index contributed by atoms with van der Waals surface area (Å²) in [5, 5.41) is 0. The molecule has 0 aliphatic carbocycles. The van der Waals surface area contributed by atoms with E-state index >= 15 is 0 Å². The molecule has 1 heterocycles. The Bertz CT molecular complexity index is 608. The minimum Gasteiger partial charge on any atom is -0.491 e. The second-order valence-electron chi connectivity index (χ2n) is 4.45. The Kier molecular flexibility index (Phi) is 5.84. The molecule has 0 bridgehead atoms. The Morgan fingerprint density at radius 1 is 1.38 bits per heavy atom. The molecule has 0 atom stereocenters. The van der Waals surface area contributed by atoms with Crippen molar-refractivity contribution in [2.75, 3.05) is 39.5 Å². The number of hydrogen-bond acceptors (Lipinski definition) is 5. The smallest absolute Gasteiger partial charge is 0.264 e. The Labute approximate surface area is 135 Å². The van der Waals surface area contributed by atoms with Gasteiger partial charge in [0.15, 0.2) is 0 Å².